The maximum Gasteiger partial charge on any atom is 0.0107 e. The third-order valence-electron chi connectivity index (χ3n) is 5.79. The van der Waals surface area contributed by atoms with E-state index in [1.807, 2.05) is 0 Å². The second-order valence-corrected chi connectivity index (χ2v) is 8.77. The Balaban J connectivity index is 3.61. The monoisotopic (exact) mass is 427 g/mol. The fourth-order valence-electron chi connectivity index (χ4n) is 3.81. The highest BCUT2D eigenvalue weighted by atomic mass is 15.1. The number of rotatable bonds is 26. The lowest BCUT2D eigenvalue weighted by Gasteiger charge is -2.22. The van der Waals surface area contributed by atoms with Gasteiger partial charge in [-0.2, -0.15) is 0 Å². The van der Waals surface area contributed by atoms with Gasteiger partial charge in [0.2, 0.25) is 0 Å². The summed E-state index contributed by atoms with van der Waals surface area (Å²) in [7, 11) is 0. The number of nitrogens with two attached hydrogens (primary N) is 1. The molecule has 0 amide bonds. The lowest BCUT2D eigenvalue weighted by atomic mass is 10.1. The molecule has 5 nitrogen and oxygen atoms in total. The minimum atomic E-state index is 0.718. The second kappa shape index (κ2) is 26.8. The Labute approximate surface area is 189 Å². The van der Waals surface area contributed by atoms with Gasteiger partial charge in [0, 0.05) is 52.4 Å². The quantitative estimate of drug-likeness (QED) is 0.156. The molecule has 5 heteroatoms. The van der Waals surface area contributed by atoms with E-state index in [1.165, 1.54) is 103 Å². The lowest BCUT2D eigenvalue weighted by molar-refractivity contribution is 0.261. The van der Waals surface area contributed by atoms with E-state index in [1.54, 1.807) is 0 Å². The Bertz CT molecular complexity index is 277. The molecule has 30 heavy (non-hydrogen) atoms. The molecule has 5 N–H and O–H groups in total. The van der Waals surface area contributed by atoms with E-state index in [0.29, 0.717) is 0 Å². The van der Waals surface area contributed by atoms with Gasteiger partial charge < -0.3 is 26.6 Å². The van der Waals surface area contributed by atoms with E-state index in [0.717, 1.165) is 45.8 Å². The smallest absolute Gasteiger partial charge is 0.0107 e. The van der Waals surface area contributed by atoms with Crippen LogP contribution in [0, 0.1) is 0 Å². The first-order chi connectivity index (χ1) is 14.8. The van der Waals surface area contributed by atoms with Gasteiger partial charge in [-0.25, -0.2) is 0 Å². The average Bonchev–Trinajstić information content (AvgIpc) is 2.76. The first kappa shape index (κ1) is 29.8. The zero-order valence-electron chi connectivity index (χ0n) is 20.8. The van der Waals surface area contributed by atoms with Crippen molar-refractivity contribution in [3.8, 4) is 0 Å². The fraction of sp³-hybridized carbons (Fsp3) is 1.00. The van der Waals surface area contributed by atoms with Crippen molar-refractivity contribution in [1.29, 1.82) is 0 Å². The van der Waals surface area contributed by atoms with Crippen molar-refractivity contribution in [2.75, 3.05) is 65.4 Å². The van der Waals surface area contributed by atoms with E-state index in [2.05, 4.69) is 34.7 Å². The third-order valence-corrected chi connectivity index (χ3v) is 5.79. The summed E-state index contributed by atoms with van der Waals surface area (Å²) in [4.78, 5) is 2.69. The molecule has 0 aliphatic heterocycles. The van der Waals surface area contributed by atoms with Gasteiger partial charge in [0.25, 0.3) is 0 Å². The number of hydrogen-bond donors (Lipinski definition) is 4. The summed E-state index contributed by atoms with van der Waals surface area (Å²) in [6.07, 6.45) is 18.3. The van der Waals surface area contributed by atoms with Crippen molar-refractivity contribution in [2.24, 2.45) is 5.73 Å². The maximum atomic E-state index is 5.47. The maximum absolute atomic E-state index is 5.47. The highest BCUT2D eigenvalue weighted by molar-refractivity contribution is 4.62. The molecule has 0 bridgehead atoms. The van der Waals surface area contributed by atoms with Crippen LogP contribution in [-0.2, 0) is 0 Å². The van der Waals surface area contributed by atoms with Crippen LogP contribution in [0.25, 0.3) is 0 Å². The third kappa shape index (κ3) is 24.1. The Morgan fingerprint density at radius 1 is 0.467 bits per heavy atom. The van der Waals surface area contributed by atoms with Crippen LogP contribution in [-0.4, -0.2) is 70.3 Å². The van der Waals surface area contributed by atoms with Gasteiger partial charge in [-0.05, 0) is 25.9 Å². The van der Waals surface area contributed by atoms with E-state index in [9.17, 15) is 0 Å². The van der Waals surface area contributed by atoms with Gasteiger partial charge in [0.15, 0.2) is 0 Å². The molecule has 0 heterocycles. The molecular formula is C25H57N5. The molecule has 0 rings (SSSR count). The van der Waals surface area contributed by atoms with Gasteiger partial charge >= 0.3 is 0 Å². The van der Waals surface area contributed by atoms with Gasteiger partial charge in [0.1, 0.15) is 0 Å². The number of nitrogens with one attached hydrogen (secondary N) is 3. The van der Waals surface area contributed by atoms with Gasteiger partial charge in [-0.3, -0.25) is 0 Å². The van der Waals surface area contributed by atoms with Crippen LogP contribution in [0.4, 0.5) is 0 Å². The minimum absolute atomic E-state index is 0.718. The molecule has 0 atom stereocenters. The fourth-order valence-corrected chi connectivity index (χ4v) is 3.81. The molecule has 182 valence electrons. The topological polar surface area (TPSA) is 65.3 Å². The molecular weight excluding hydrogens is 370 g/mol. The molecule has 0 aromatic carbocycles. The molecule has 0 aliphatic rings. The van der Waals surface area contributed by atoms with Crippen molar-refractivity contribution in [1.82, 2.24) is 20.9 Å². The zero-order chi connectivity index (χ0) is 22.0. The first-order valence-electron chi connectivity index (χ1n) is 13.4. The van der Waals surface area contributed by atoms with Gasteiger partial charge in [0.05, 0.1) is 0 Å². The molecule has 0 saturated heterocycles. The van der Waals surface area contributed by atoms with Crippen molar-refractivity contribution in [2.45, 2.75) is 97.3 Å². The SMILES string of the molecule is CCCCCCCCCCCCN(CCCCC)CCNCCNCCNCCN. The molecule has 0 fully saturated rings. The molecule has 0 aliphatic carbocycles. The lowest BCUT2D eigenvalue weighted by Crippen LogP contribution is -2.37. The summed E-state index contributed by atoms with van der Waals surface area (Å²) in [5, 5.41) is 10.4. The van der Waals surface area contributed by atoms with Crippen LogP contribution in [0.15, 0.2) is 0 Å². The minimum Gasteiger partial charge on any atom is -0.329 e. The van der Waals surface area contributed by atoms with E-state index >= 15 is 0 Å². The van der Waals surface area contributed by atoms with Crippen molar-refractivity contribution in [3.63, 3.8) is 0 Å². The summed E-state index contributed by atoms with van der Waals surface area (Å²) < 4.78 is 0. The molecule has 0 radical (unpaired) electrons. The van der Waals surface area contributed by atoms with Crippen molar-refractivity contribution in [3.05, 3.63) is 0 Å². The highest BCUT2D eigenvalue weighted by Crippen LogP contribution is 2.11. The molecule has 0 unspecified atom stereocenters. The number of hydrogen-bond acceptors (Lipinski definition) is 5. The summed E-state index contributed by atoms with van der Waals surface area (Å²) in [5.41, 5.74) is 5.47. The van der Waals surface area contributed by atoms with Crippen LogP contribution in [0.1, 0.15) is 97.3 Å². The van der Waals surface area contributed by atoms with Crippen LogP contribution in [0.5, 0.6) is 0 Å². The zero-order valence-corrected chi connectivity index (χ0v) is 20.8. The van der Waals surface area contributed by atoms with Crippen LogP contribution in [0.3, 0.4) is 0 Å². The Morgan fingerprint density at radius 3 is 1.40 bits per heavy atom. The van der Waals surface area contributed by atoms with E-state index in [-0.39, 0.29) is 0 Å². The van der Waals surface area contributed by atoms with Crippen molar-refractivity contribution < 1.29 is 0 Å². The summed E-state index contributed by atoms with van der Waals surface area (Å²) in [5.74, 6) is 0. The standard InChI is InChI=1S/C25H57N5/c1-3-5-7-8-9-10-11-12-13-15-24-30(23-14-6-4-2)25-22-29-21-20-28-19-18-27-17-16-26/h27-29H,3-26H2,1-2H3. The first-order valence-corrected chi connectivity index (χ1v) is 13.4. The van der Waals surface area contributed by atoms with E-state index in [4.69, 9.17) is 5.73 Å². The van der Waals surface area contributed by atoms with Crippen LogP contribution < -0.4 is 21.7 Å². The highest BCUT2D eigenvalue weighted by Gasteiger charge is 2.04. The van der Waals surface area contributed by atoms with Crippen molar-refractivity contribution >= 4 is 0 Å². The summed E-state index contributed by atoms with van der Waals surface area (Å²) in [6.45, 7) is 15.2. The number of unbranched alkanes of at least 4 members (excludes halogenated alkanes) is 11. The summed E-state index contributed by atoms with van der Waals surface area (Å²) in [6, 6.07) is 0. The van der Waals surface area contributed by atoms with Crippen LogP contribution in [0.2, 0.25) is 0 Å². The van der Waals surface area contributed by atoms with Gasteiger partial charge in [-0.15, -0.1) is 0 Å². The second-order valence-electron chi connectivity index (χ2n) is 8.77. The molecule has 0 aromatic rings. The molecule has 0 spiro atoms. The van der Waals surface area contributed by atoms with Crippen LogP contribution >= 0.6 is 0 Å². The largest absolute Gasteiger partial charge is 0.329 e. The molecule has 0 saturated carbocycles. The Hall–Kier alpha value is -0.200. The molecule has 0 aromatic heterocycles. The predicted octanol–water partition coefficient (Wildman–Crippen LogP) is 4.13. The number of nitrogens with zero attached hydrogens (tertiary/aromatic N) is 1. The van der Waals surface area contributed by atoms with E-state index < -0.39 is 0 Å². The normalized spacial score (nSPS) is 11.6. The predicted molar refractivity (Wildman–Crippen MR) is 135 cm³/mol. The van der Waals surface area contributed by atoms with Gasteiger partial charge in [-0.1, -0.05) is 84.5 Å². The summed E-state index contributed by atoms with van der Waals surface area (Å²) >= 11 is 0. The Kier molecular flexibility index (Phi) is 26.7. The average molecular weight is 428 g/mol. The Morgan fingerprint density at radius 2 is 0.867 bits per heavy atom.